The molecule has 1 unspecified atom stereocenters. The summed E-state index contributed by atoms with van der Waals surface area (Å²) < 4.78 is 10.6. The maximum absolute atomic E-state index is 11.4. The second kappa shape index (κ2) is 7.07. The molecule has 0 saturated carbocycles. The molecule has 1 atom stereocenters. The molecule has 108 valence electrons. The Morgan fingerprint density at radius 2 is 1.78 bits per heavy atom. The molecule has 5 nitrogen and oxygen atoms in total. The minimum atomic E-state index is -0.453. The van der Waals surface area contributed by atoms with Crippen LogP contribution in [0.25, 0.3) is 0 Å². The Bertz CT molecular complexity index is 254. The number of esters is 1. The Morgan fingerprint density at radius 1 is 1.22 bits per heavy atom. The molecule has 0 aliphatic rings. The first-order chi connectivity index (χ1) is 7.99. The van der Waals surface area contributed by atoms with E-state index in [0.29, 0.717) is 13.0 Å². The van der Waals surface area contributed by atoms with Crippen LogP contribution >= 0.6 is 0 Å². The third-order valence-electron chi connectivity index (χ3n) is 2.13. The summed E-state index contributed by atoms with van der Waals surface area (Å²) in [4.78, 5) is 11.4. The topological polar surface area (TPSA) is 87.6 Å². The predicted octanol–water partition coefficient (Wildman–Crippen LogP) is 1.54. The van der Waals surface area contributed by atoms with E-state index in [1.54, 1.807) is 0 Å². The van der Waals surface area contributed by atoms with Crippen LogP contribution in [0.4, 0.5) is 0 Å². The van der Waals surface area contributed by atoms with E-state index < -0.39 is 11.8 Å². The Hall–Kier alpha value is -0.650. The van der Waals surface area contributed by atoms with Gasteiger partial charge in [-0.2, -0.15) is 0 Å². The third-order valence-corrected chi connectivity index (χ3v) is 2.13. The number of hydrogen-bond acceptors (Lipinski definition) is 5. The molecule has 0 radical (unpaired) electrons. The summed E-state index contributed by atoms with van der Waals surface area (Å²) >= 11 is 0. The Balaban J connectivity index is 3.71. The summed E-state index contributed by atoms with van der Waals surface area (Å²) in [7, 11) is 0. The molecule has 0 bridgehead atoms. The average molecular weight is 260 g/mol. The van der Waals surface area contributed by atoms with Crippen LogP contribution in [0.3, 0.4) is 0 Å². The predicted molar refractivity (Wildman–Crippen MR) is 71.9 cm³/mol. The van der Waals surface area contributed by atoms with Crippen molar-refractivity contribution in [3.8, 4) is 0 Å². The summed E-state index contributed by atoms with van der Waals surface area (Å²) in [5, 5.41) is 0. The first kappa shape index (κ1) is 17.4. The van der Waals surface area contributed by atoms with E-state index in [1.165, 1.54) is 0 Å². The molecule has 0 aromatic rings. The van der Waals surface area contributed by atoms with Gasteiger partial charge in [-0.25, -0.2) is 0 Å². The Labute approximate surface area is 110 Å². The first-order valence-electron chi connectivity index (χ1n) is 6.37. The van der Waals surface area contributed by atoms with Crippen molar-refractivity contribution in [1.82, 2.24) is 0 Å². The van der Waals surface area contributed by atoms with Crippen molar-refractivity contribution in [2.24, 2.45) is 11.5 Å². The largest absolute Gasteiger partial charge is 0.460 e. The maximum Gasteiger partial charge on any atom is 0.306 e. The quantitative estimate of drug-likeness (QED) is 0.535. The van der Waals surface area contributed by atoms with Crippen molar-refractivity contribution in [2.75, 3.05) is 6.61 Å². The van der Waals surface area contributed by atoms with E-state index in [9.17, 15) is 4.79 Å². The Kier molecular flexibility index (Phi) is 6.81. The third kappa shape index (κ3) is 11.8. The normalized spacial score (nSPS) is 14.4. The molecule has 0 aliphatic heterocycles. The molecule has 0 amide bonds. The van der Waals surface area contributed by atoms with Crippen LogP contribution in [0, 0.1) is 0 Å². The van der Waals surface area contributed by atoms with E-state index in [1.807, 2.05) is 34.6 Å². The van der Waals surface area contributed by atoms with Gasteiger partial charge in [0, 0.05) is 12.0 Å². The van der Waals surface area contributed by atoms with Crippen molar-refractivity contribution < 1.29 is 14.3 Å². The lowest BCUT2D eigenvalue weighted by molar-refractivity contribution is -0.155. The van der Waals surface area contributed by atoms with Crippen LogP contribution in [0.5, 0.6) is 0 Å². The molecular formula is C13H28N2O3. The second-order valence-electron chi connectivity index (χ2n) is 6.27. The van der Waals surface area contributed by atoms with Crippen LogP contribution in [-0.2, 0) is 14.3 Å². The molecule has 0 spiro atoms. The minimum absolute atomic E-state index is 0.249. The monoisotopic (exact) mass is 260 g/mol. The van der Waals surface area contributed by atoms with Gasteiger partial charge < -0.3 is 20.9 Å². The van der Waals surface area contributed by atoms with Crippen LogP contribution in [0.15, 0.2) is 0 Å². The van der Waals surface area contributed by atoms with Gasteiger partial charge in [-0.3, -0.25) is 4.79 Å². The number of carbonyl (C=O) groups excluding carboxylic acids is 1. The fraction of sp³-hybridized carbons (Fsp3) is 0.923. The highest BCUT2D eigenvalue weighted by molar-refractivity contribution is 5.69. The van der Waals surface area contributed by atoms with Crippen molar-refractivity contribution in [1.29, 1.82) is 0 Å². The highest BCUT2D eigenvalue weighted by Gasteiger charge is 2.17. The van der Waals surface area contributed by atoms with Gasteiger partial charge in [-0.15, -0.1) is 0 Å². The van der Waals surface area contributed by atoms with E-state index in [4.69, 9.17) is 20.9 Å². The van der Waals surface area contributed by atoms with Crippen molar-refractivity contribution in [3.05, 3.63) is 0 Å². The molecule has 0 aromatic heterocycles. The highest BCUT2D eigenvalue weighted by atomic mass is 16.6. The van der Waals surface area contributed by atoms with Gasteiger partial charge in [0.15, 0.2) is 0 Å². The van der Waals surface area contributed by atoms with Crippen molar-refractivity contribution in [2.45, 2.75) is 71.2 Å². The number of carbonyl (C=O) groups is 1. The van der Waals surface area contributed by atoms with E-state index >= 15 is 0 Å². The van der Waals surface area contributed by atoms with Crippen LogP contribution in [-0.4, -0.2) is 29.9 Å². The molecule has 18 heavy (non-hydrogen) atoms. The average Bonchev–Trinajstić information content (AvgIpc) is 2.09. The molecule has 5 heteroatoms. The van der Waals surface area contributed by atoms with Gasteiger partial charge >= 0.3 is 5.97 Å². The zero-order chi connectivity index (χ0) is 14.4. The fourth-order valence-electron chi connectivity index (χ4n) is 1.21. The van der Waals surface area contributed by atoms with Gasteiger partial charge in [0.25, 0.3) is 0 Å². The van der Waals surface area contributed by atoms with Gasteiger partial charge in [-0.05, 0) is 47.5 Å². The summed E-state index contributed by atoms with van der Waals surface area (Å²) in [6, 6.07) is 0. The maximum atomic E-state index is 11.4. The number of rotatable bonds is 7. The molecular weight excluding hydrogens is 232 g/mol. The van der Waals surface area contributed by atoms with Gasteiger partial charge in [-0.1, -0.05) is 0 Å². The Morgan fingerprint density at radius 3 is 2.22 bits per heavy atom. The minimum Gasteiger partial charge on any atom is -0.460 e. The van der Waals surface area contributed by atoms with Gasteiger partial charge in [0.1, 0.15) is 11.8 Å². The molecule has 0 aromatic carbocycles. The molecule has 0 aliphatic carbocycles. The molecule has 4 N–H and O–H groups in total. The molecule has 0 heterocycles. The number of ether oxygens (including phenoxy) is 2. The number of hydrogen-bond donors (Lipinski definition) is 2. The van der Waals surface area contributed by atoms with Crippen LogP contribution in [0.1, 0.15) is 53.9 Å². The lowest BCUT2D eigenvalue weighted by Crippen LogP contribution is -2.35. The summed E-state index contributed by atoms with van der Waals surface area (Å²) in [5.74, 6) is -0.249. The zero-order valence-corrected chi connectivity index (χ0v) is 12.3. The smallest absolute Gasteiger partial charge is 0.306 e. The fourth-order valence-corrected chi connectivity index (χ4v) is 1.21. The van der Waals surface area contributed by atoms with Gasteiger partial charge in [0.2, 0.25) is 0 Å². The first-order valence-corrected chi connectivity index (χ1v) is 6.37. The van der Waals surface area contributed by atoms with E-state index in [0.717, 1.165) is 6.42 Å². The summed E-state index contributed by atoms with van der Waals surface area (Å²) in [6.45, 7) is 9.88. The second-order valence-corrected chi connectivity index (χ2v) is 6.27. The van der Waals surface area contributed by atoms with Crippen molar-refractivity contribution in [3.63, 3.8) is 0 Å². The summed E-state index contributed by atoms with van der Waals surface area (Å²) in [6.07, 6.45) is 1.01. The van der Waals surface area contributed by atoms with E-state index in [-0.39, 0.29) is 17.9 Å². The zero-order valence-electron chi connectivity index (χ0n) is 12.3. The molecule has 0 fully saturated rings. The summed E-state index contributed by atoms with van der Waals surface area (Å²) in [5.41, 5.74) is 10.9. The highest BCUT2D eigenvalue weighted by Crippen LogP contribution is 2.10. The standard InChI is InChI=1S/C13H28N2O3/c1-12(2,3)18-11(16)7-6-10(14)17-9-8-13(4,5)15/h10H,6-9,14-15H2,1-5H3. The van der Waals surface area contributed by atoms with Crippen LogP contribution < -0.4 is 11.5 Å². The van der Waals surface area contributed by atoms with Gasteiger partial charge in [0.05, 0.1) is 6.61 Å². The lowest BCUT2D eigenvalue weighted by Gasteiger charge is -2.21. The number of nitrogens with two attached hydrogens (primary N) is 2. The SMILES string of the molecule is CC(C)(N)CCOC(N)CCC(=O)OC(C)(C)C. The van der Waals surface area contributed by atoms with Crippen molar-refractivity contribution >= 4 is 5.97 Å². The van der Waals surface area contributed by atoms with Crippen LogP contribution in [0.2, 0.25) is 0 Å². The molecule has 0 saturated heterocycles. The lowest BCUT2D eigenvalue weighted by atomic mass is 10.0. The van der Waals surface area contributed by atoms with E-state index in [2.05, 4.69) is 0 Å². The molecule has 0 rings (SSSR count).